The van der Waals surface area contributed by atoms with Crippen molar-refractivity contribution in [1.82, 2.24) is 25.3 Å². The number of aliphatic hydroxyl groups is 3. The van der Waals surface area contributed by atoms with Crippen LogP contribution in [0, 0.1) is 0 Å². The maximum absolute atomic E-state index is 12.1. The first-order valence-corrected chi connectivity index (χ1v) is 26.6. The van der Waals surface area contributed by atoms with E-state index in [4.69, 9.17) is 48.9 Å². The Kier molecular flexibility index (Phi) is 32.9. The monoisotopic (exact) mass is 1210 g/mol. The molecule has 3 heterocycles. The minimum atomic E-state index is -1.06. The molecule has 28 heteroatoms. The van der Waals surface area contributed by atoms with Crippen LogP contribution in [-0.4, -0.2) is 177 Å². The molecule has 7 N–H and O–H groups in total. The van der Waals surface area contributed by atoms with Crippen LogP contribution >= 0.6 is 0 Å². The molecule has 0 bridgehead atoms. The van der Waals surface area contributed by atoms with Crippen molar-refractivity contribution < 1.29 is 133 Å². The molecule has 0 aliphatic carbocycles. The minimum Gasteiger partial charge on any atom is -0.662 e. The van der Waals surface area contributed by atoms with Crippen LogP contribution < -0.4 is 51.2 Å². The summed E-state index contributed by atoms with van der Waals surface area (Å²) in [4.78, 5) is 96.8. The second-order valence-corrected chi connectivity index (χ2v) is 22.9. The Hall–Kier alpha value is -6.98. The molecule has 85 heavy (non-hydrogen) atoms. The van der Waals surface area contributed by atoms with Gasteiger partial charge in [-0.25, -0.2) is 33.6 Å². The zero-order valence-electron chi connectivity index (χ0n) is 50.7. The van der Waals surface area contributed by atoms with Gasteiger partial charge in [-0.2, -0.15) is 0 Å². The number of benzene rings is 3. The van der Waals surface area contributed by atoms with Crippen molar-refractivity contribution in [1.29, 1.82) is 0 Å². The average molecular weight is 1210 g/mol. The third kappa shape index (κ3) is 33.9. The summed E-state index contributed by atoms with van der Waals surface area (Å²) in [5, 5.41) is 43.1. The number of rotatable bonds is 9. The number of carbonyl (C=O) groups excluding carboxylic acids is 8. The van der Waals surface area contributed by atoms with Crippen LogP contribution in [0.15, 0.2) is 91.0 Å². The van der Waals surface area contributed by atoms with Crippen LogP contribution in [0.4, 0.5) is 33.6 Å². The third-order valence-corrected chi connectivity index (χ3v) is 10.7. The Morgan fingerprint density at radius 2 is 0.776 bits per heavy atom. The van der Waals surface area contributed by atoms with E-state index >= 15 is 0 Å². The first kappa shape index (κ1) is 76.0. The Bertz CT molecular complexity index is 2380. The Morgan fingerprint density at radius 1 is 0.506 bits per heavy atom. The summed E-state index contributed by atoms with van der Waals surface area (Å²) in [6.07, 6.45) is -7.20. The van der Waals surface area contributed by atoms with Crippen molar-refractivity contribution >= 4 is 49.2 Å². The number of alkyl carbamates (subject to hydrolysis) is 2. The van der Waals surface area contributed by atoms with Gasteiger partial charge in [0.05, 0.1) is 56.1 Å². The molecule has 470 valence electrons. The molecule has 0 saturated carbocycles. The molecular weight excluding hydrogens is 1130 g/mol. The molecule has 3 aliphatic heterocycles. The van der Waals surface area contributed by atoms with E-state index in [2.05, 4.69) is 20.3 Å². The fourth-order valence-electron chi connectivity index (χ4n) is 7.08. The smallest absolute Gasteiger partial charge is 0.662 e. The summed E-state index contributed by atoms with van der Waals surface area (Å²) in [5.41, 5.74) is 5.68. The number of nitrogens with two attached hydrogens (primary N) is 1. The number of aliphatic hydroxyl groups excluding tert-OH is 3. The SMILES string of the molecule is CC(C)(C)OC(=O)N[C@@H]1CN(C(=O)OCc2ccccc2)C[C@H]1O.CC(C)(C)OC(=O)N[C@@H]1CN(C(=O)OCc2ccccc2)C[C@H]1O.CC(C)(C)OC(=O)OC(=O)OC(C)(C)C.N[C@@H]1CN(C(=O)OCc2ccccc2)C[C@H]1O.O=CO[O-].[HH].[Na+]. The van der Waals surface area contributed by atoms with E-state index in [0.29, 0.717) is 6.54 Å². The standard InChI is InChI=1S/2C17H24N2O5.C12H16N2O3.C10H18O5.CH2O3.Na.H2/c2*1-17(2,3)24-15(21)18-13-9-19(10-14(13)20)16(22)23-11-12-7-5-4-6-8-12;13-10-6-14(7-11(10)15)12(16)17-8-9-4-2-1-3-5-9;1-9(2,3)14-7(11)13-8(12)15-10(4,5)6;2-1-4-3;;/h2*4-8,13-14,20H,9-11H2,1-3H3,(H,18,21);1-5,10-11,15H,6-8,13H2;1-6H3;1,3H;;1H/q;;;;;+1;/p-1/t2*13-,14-;10-,11-;;;;/m111..../s1. The largest absolute Gasteiger partial charge is 1.00 e. The first-order chi connectivity index (χ1) is 39.1. The van der Waals surface area contributed by atoms with Crippen LogP contribution in [0.5, 0.6) is 0 Å². The third-order valence-electron chi connectivity index (χ3n) is 10.7. The summed E-state index contributed by atoms with van der Waals surface area (Å²) in [6.45, 7) is 22.1. The summed E-state index contributed by atoms with van der Waals surface area (Å²) in [7, 11) is 0. The summed E-state index contributed by atoms with van der Waals surface area (Å²) in [5.74, 6) is 0. The van der Waals surface area contributed by atoms with Gasteiger partial charge in [0.25, 0.3) is 6.47 Å². The molecule has 3 aromatic carbocycles. The number of β-amino-alcohol motifs (C(OH)–C–C–N with tert-alkyl or cyclic N) is 3. The van der Waals surface area contributed by atoms with Gasteiger partial charge in [0.2, 0.25) is 0 Å². The number of hydrogen-bond acceptors (Lipinski definition) is 22. The van der Waals surface area contributed by atoms with Gasteiger partial charge in [0, 0.05) is 21.1 Å². The topological polar surface area (TPSA) is 363 Å². The first-order valence-electron chi connectivity index (χ1n) is 26.6. The van der Waals surface area contributed by atoms with Crippen molar-refractivity contribution in [3.8, 4) is 0 Å². The molecule has 0 unspecified atom stereocenters. The average Bonchev–Trinajstić information content (AvgIpc) is 4.00. The molecule has 3 fully saturated rings. The van der Waals surface area contributed by atoms with Gasteiger partial charge >= 0.3 is 72.3 Å². The second kappa shape index (κ2) is 36.8. The van der Waals surface area contributed by atoms with E-state index < -0.39 is 95.6 Å². The van der Waals surface area contributed by atoms with Crippen LogP contribution in [0.2, 0.25) is 0 Å². The van der Waals surface area contributed by atoms with E-state index in [0.717, 1.165) is 16.7 Å². The molecule has 0 radical (unpaired) electrons. The fourth-order valence-corrected chi connectivity index (χ4v) is 7.08. The van der Waals surface area contributed by atoms with Crippen LogP contribution in [0.25, 0.3) is 0 Å². The summed E-state index contributed by atoms with van der Waals surface area (Å²) < 4.78 is 39.7. The Labute approximate surface area is 519 Å². The maximum Gasteiger partial charge on any atom is 1.00 e. The van der Waals surface area contributed by atoms with Gasteiger partial charge in [-0.1, -0.05) is 91.0 Å². The van der Waals surface area contributed by atoms with E-state index in [1.807, 2.05) is 91.0 Å². The second-order valence-electron chi connectivity index (χ2n) is 22.9. The predicted molar refractivity (Wildman–Crippen MR) is 300 cm³/mol. The molecule has 0 aromatic heterocycles. The Balaban J connectivity index is 0.00000111. The number of hydrogen-bond donors (Lipinski definition) is 6. The number of ether oxygens (including phenoxy) is 8. The number of carbonyl (C=O) groups is 8. The van der Waals surface area contributed by atoms with Crippen molar-refractivity contribution in [2.45, 2.75) is 162 Å². The molecule has 3 aliphatic rings. The van der Waals surface area contributed by atoms with Crippen molar-refractivity contribution in [3.63, 3.8) is 0 Å². The van der Waals surface area contributed by atoms with Crippen molar-refractivity contribution in [3.05, 3.63) is 108 Å². The fraction of sp³-hybridized carbons (Fsp3) is 0.544. The van der Waals surface area contributed by atoms with Gasteiger partial charge in [-0.15, -0.1) is 0 Å². The number of nitrogens with zero attached hydrogens (tertiary/aromatic N) is 3. The van der Waals surface area contributed by atoms with Crippen molar-refractivity contribution in [2.24, 2.45) is 5.73 Å². The number of likely N-dealkylation sites (tertiary alicyclic amines) is 3. The quantitative estimate of drug-likeness (QED) is 0.0341. The molecule has 6 atom stereocenters. The zero-order valence-corrected chi connectivity index (χ0v) is 52.7. The predicted octanol–water partition coefficient (Wildman–Crippen LogP) is 2.67. The normalized spacial score (nSPS) is 18.7. The van der Waals surface area contributed by atoms with Crippen LogP contribution in [0.3, 0.4) is 0 Å². The van der Waals surface area contributed by atoms with Crippen molar-refractivity contribution in [2.75, 3.05) is 39.3 Å². The van der Waals surface area contributed by atoms with Gasteiger partial charge in [-0.05, 0) is 99.8 Å². The number of nitrogens with one attached hydrogen (secondary N) is 2. The van der Waals surface area contributed by atoms with E-state index in [9.17, 15) is 48.9 Å². The van der Waals surface area contributed by atoms with Gasteiger partial charge in [-0.3, -0.25) is 4.79 Å². The molecule has 3 saturated heterocycles. The van der Waals surface area contributed by atoms with Gasteiger partial charge in [0.15, 0.2) is 0 Å². The van der Waals surface area contributed by atoms with Crippen LogP contribution in [-0.2, 0) is 67.4 Å². The van der Waals surface area contributed by atoms with E-state index in [-0.39, 0.29) is 96.0 Å². The maximum atomic E-state index is 12.1. The minimum absolute atomic E-state index is 0. The summed E-state index contributed by atoms with van der Waals surface area (Å²) >= 11 is 0. The van der Waals surface area contributed by atoms with E-state index in [1.165, 1.54) is 14.7 Å². The molecule has 5 amide bonds. The van der Waals surface area contributed by atoms with Gasteiger partial charge in [0.1, 0.15) is 42.2 Å². The molecule has 0 spiro atoms. The zero-order chi connectivity index (χ0) is 63.4. The van der Waals surface area contributed by atoms with Crippen LogP contribution in [0.1, 0.15) is 101 Å². The summed E-state index contributed by atoms with van der Waals surface area (Å²) in [6, 6.07) is 26.6. The molecule has 3 aromatic rings. The molecule has 27 nitrogen and oxygen atoms in total. The number of amides is 5. The molecular formula is C57H85N6NaO21. The van der Waals surface area contributed by atoms with Gasteiger partial charge < -0.3 is 94.4 Å². The van der Waals surface area contributed by atoms with E-state index in [1.54, 1.807) is 83.1 Å². The molecule has 6 rings (SSSR count). The Morgan fingerprint density at radius 3 is 1.02 bits per heavy atom.